The van der Waals surface area contributed by atoms with Crippen LogP contribution in [0.2, 0.25) is 0 Å². The zero-order valence-electron chi connectivity index (χ0n) is 8.97. The number of nitrogens with zero attached hydrogens (tertiary/aromatic N) is 3. The van der Waals surface area contributed by atoms with Gasteiger partial charge in [0.05, 0.1) is 17.3 Å². The van der Waals surface area contributed by atoms with Crippen molar-refractivity contribution in [1.82, 2.24) is 10.1 Å². The van der Waals surface area contributed by atoms with Crippen molar-refractivity contribution in [2.75, 3.05) is 18.0 Å². The first-order valence-corrected chi connectivity index (χ1v) is 5.54. The number of anilines is 1. The molecule has 5 nitrogen and oxygen atoms in total. The normalized spacial score (nSPS) is 21.6. The predicted octanol–water partition coefficient (Wildman–Crippen LogP) is 1.15. The molecule has 2 N–H and O–H groups in total. The van der Waals surface area contributed by atoms with E-state index < -0.39 is 0 Å². The lowest BCUT2D eigenvalue weighted by molar-refractivity contribution is 0.448. The van der Waals surface area contributed by atoms with Gasteiger partial charge in [-0.1, -0.05) is 5.16 Å². The molecule has 2 aromatic heterocycles. The Hall–Kier alpha value is -1.62. The summed E-state index contributed by atoms with van der Waals surface area (Å²) in [4.78, 5) is 6.42. The van der Waals surface area contributed by atoms with Crippen molar-refractivity contribution in [3.63, 3.8) is 0 Å². The van der Waals surface area contributed by atoms with E-state index in [0.29, 0.717) is 5.71 Å². The lowest BCUT2D eigenvalue weighted by atomic mass is 10.1. The molecule has 1 atom stereocenters. The molecule has 0 amide bonds. The minimum Gasteiger partial charge on any atom is -0.369 e. The molecule has 5 heteroatoms. The molecule has 0 aromatic carbocycles. The number of piperidine rings is 1. The van der Waals surface area contributed by atoms with Crippen LogP contribution in [-0.2, 0) is 0 Å². The maximum absolute atomic E-state index is 5.99. The van der Waals surface area contributed by atoms with E-state index in [9.17, 15) is 0 Å². The second-order valence-electron chi connectivity index (χ2n) is 4.22. The summed E-state index contributed by atoms with van der Waals surface area (Å²) in [6.07, 6.45) is 5.71. The Balaban J connectivity index is 2.01. The van der Waals surface area contributed by atoms with Gasteiger partial charge in [0.25, 0.3) is 5.71 Å². The van der Waals surface area contributed by atoms with Crippen molar-refractivity contribution in [1.29, 1.82) is 0 Å². The van der Waals surface area contributed by atoms with Crippen LogP contribution in [0, 0.1) is 0 Å². The van der Waals surface area contributed by atoms with Crippen LogP contribution in [0.25, 0.3) is 11.1 Å². The third-order valence-electron chi connectivity index (χ3n) is 3.05. The zero-order chi connectivity index (χ0) is 11.0. The minimum absolute atomic E-state index is 0.261. The summed E-state index contributed by atoms with van der Waals surface area (Å²) >= 11 is 0. The summed E-state index contributed by atoms with van der Waals surface area (Å²) in [5.41, 5.74) is 7.71. The molecule has 1 unspecified atom stereocenters. The fourth-order valence-corrected chi connectivity index (χ4v) is 2.27. The summed E-state index contributed by atoms with van der Waals surface area (Å²) < 4.78 is 5.06. The van der Waals surface area contributed by atoms with E-state index in [4.69, 9.17) is 10.3 Å². The molecule has 84 valence electrons. The lowest BCUT2D eigenvalue weighted by Crippen LogP contribution is -2.42. The van der Waals surface area contributed by atoms with E-state index in [1.165, 1.54) is 0 Å². The van der Waals surface area contributed by atoms with E-state index in [0.717, 1.165) is 37.0 Å². The Kier molecular flexibility index (Phi) is 2.25. The molecule has 3 rings (SSSR count). The van der Waals surface area contributed by atoms with Crippen LogP contribution in [0.1, 0.15) is 12.8 Å². The van der Waals surface area contributed by atoms with Gasteiger partial charge in [0.2, 0.25) is 0 Å². The number of rotatable bonds is 1. The highest BCUT2D eigenvalue weighted by Gasteiger charge is 2.19. The summed E-state index contributed by atoms with van der Waals surface area (Å²) in [6, 6.07) is 2.26. The highest BCUT2D eigenvalue weighted by Crippen LogP contribution is 2.27. The first kappa shape index (κ1) is 9.59. The molecule has 1 fully saturated rings. The number of fused-ring (bicyclic) bond motifs is 1. The summed E-state index contributed by atoms with van der Waals surface area (Å²) in [6.45, 7) is 1.93. The first-order chi connectivity index (χ1) is 7.84. The van der Waals surface area contributed by atoms with Crippen LogP contribution < -0.4 is 10.6 Å². The molecule has 16 heavy (non-hydrogen) atoms. The monoisotopic (exact) mass is 218 g/mol. The molecular weight excluding hydrogens is 204 g/mol. The largest absolute Gasteiger partial charge is 0.369 e. The van der Waals surface area contributed by atoms with Crippen LogP contribution in [0.5, 0.6) is 0 Å². The number of hydrogen-bond donors (Lipinski definition) is 1. The molecular formula is C11H14N4O. The van der Waals surface area contributed by atoms with Gasteiger partial charge in [-0.05, 0) is 18.9 Å². The van der Waals surface area contributed by atoms with E-state index in [-0.39, 0.29) is 6.04 Å². The third kappa shape index (κ3) is 1.53. The second-order valence-corrected chi connectivity index (χ2v) is 4.22. The molecule has 1 aliphatic rings. The molecule has 1 saturated heterocycles. The smallest absolute Gasteiger partial charge is 0.259 e. The quantitative estimate of drug-likeness (QED) is 0.777. The zero-order valence-corrected chi connectivity index (χ0v) is 8.97. The van der Waals surface area contributed by atoms with Crippen LogP contribution in [0.4, 0.5) is 5.69 Å². The Morgan fingerprint density at radius 1 is 1.50 bits per heavy atom. The lowest BCUT2D eigenvalue weighted by Gasteiger charge is -2.32. The molecule has 0 saturated carbocycles. The van der Waals surface area contributed by atoms with Gasteiger partial charge in [-0.3, -0.25) is 0 Å². The van der Waals surface area contributed by atoms with Gasteiger partial charge in [0.1, 0.15) is 0 Å². The predicted molar refractivity (Wildman–Crippen MR) is 61.2 cm³/mol. The van der Waals surface area contributed by atoms with Crippen molar-refractivity contribution >= 4 is 16.8 Å². The van der Waals surface area contributed by atoms with Gasteiger partial charge in [-0.15, -0.1) is 0 Å². The number of nitrogens with two attached hydrogens (primary N) is 1. The van der Waals surface area contributed by atoms with Gasteiger partial charge in [-0.2, -0.15) is 0 Å². The van der Waals surface area contributed by atoms with E-state index >= 15 is 0 Å². The maximum atomic E-state index is 5.99. The number of aromatic nitrogens is 2. The Bertz CT molecular complexity index is 495. The van der Waals surface area contributed by atoms with Crippen LogP contribution >= 0.6 is 0 Å². The highest BCUT2D eigenvalue weighted by atomic mass is 16.5. The summed E-state index contributed by atoms with van der Waals surface area (Å²) in [5.74, 6) is 0. The Labute approximate surface area is 93.2 Å². The van der Waals surface area contributed by atoms with E-state index in [1.807, 2.05) is 6.07 Å². The van der Waals surface area contributed by atoms with Gasteiger partial charge < -0.3 is 15.2 Å². The molecule has 3 heterocycles. The van der Waals surface area contributed by atoms with Gasteiger partial charge in [0, 0.05) is 25.3 Å². The van der Waals surface area contributed by atoms with Crippen molar-refractivity contribution in [2.45, 2.75) is 18.9 Å². The minimum atomic E-state index is 0.261. The summed E-state index contributed by atoms with van der Waals surface area (Å²) in [7, 11) is 0. The topological polar surface area (TPSA) is 68.2 Å². The van der Waals surface area contributed by atoms with Crippen molar-refractivity contribution in [2.24, 2.45) is 5.73 Å². The molecule has 0 bridgehead atoms. The van der Waals surface area contributed by atoms with Crippen LogP contribution in [0.15, 0.2) is 23.0 Å². The number of hydrogen-bond acceptors (Lipinski definition) is 5. The fraction of sp³-hybridized carbons (Fsp3) is 0.455. The molecule has 0 spiro atoms. The van der Waals surface area contributed by atoms with Crippen LogP contribution in [0.3, 0.4) is 0 Å². The Morgan fingerprint density at radius 2 is 2.44 bits per heavy atom. The molecule has 0 radical (unpaired) electrons. The fourth-order valence-electron chi connectivity index (χ4n) is 2.27. The first-order valence-electron chi connectivity index (χ1n) is 5.54. The number of pyridine rings is 1. The molecule has 0 aliphatic carbocycles. The average molecular weight is 218 g/mol. The van der Waals surface area contributed by atoms with Crippen molar-refractivity contribution in [3.8, 4) is 0 Å². The maximum Gasteiger partial charge on any atom is 0.259 e. The van der Waals surface area contributed by atoms with E-state index in [2.05, 4.69) is 15.0 Å². The average Bonchev–Trinajstić information content (AvgIpc) is 2.76. The molecule has 2 aromatic rings. The highest BCUT2D eigenvalue weighted by molar-refractivity contribution is 5.87. The van der Waals surface area contributed by atoms with Crippen molar-refractivity contribution < 1.29 is 4.52 Å². The van der Waals surface area contributed by atoms with Gasteiger partial charge in [-0.25, -0.2) is 4.98 Å². The van der Waals surface area contributed by atoms with Gasteiger partial charge >= 0.3 is 0 Å². The van der Waals surface area contributed by atoms with Crippen molar-refractivity contribution in [3.05, 3.63) is 18.5 Å². The summed E-state index contributed by atoms with van der Waals surface area (Å²) in [5, 5.41) is 4.75. The molecule has 1 aliphatic heterocycles. The SMILES string of the molecule is NC1CCCN(c2ccnc3oncc23)C1. The Morgan fingerprint density at radius 3 is 3.31 bits per heavy atom. The van der Waals surface area contributed by atoms with Crippen LogP contribution in [-0.4, -0.2) is 29.3 Å². The standard InChI is InChI=1S/C11H14N4O/c12-8-2-1-5-15(7-8)10-3-4-13-11-9(10)6-14-16-11/h3-4,6,8H,1-2,5,7,12H2. The van der Waals surface area contributed by atoms with E-state index in [1.54, 1.807) is 12.4 Å². The third-order valence-corrected chi connectivity index (χ3v) is 3.05. The van der Waals surface area contributed by atoms with Gasteiger partial charge in [0.15, 0.2) is 0 Å². The second kappa shape index (κ2) is 3.75.